The van der Waals surface area contributed by atoms with E-state index in [0.717, 1.165) is 24.5 Å². The third-order valence-electron chi connectivity index (χ3n) is 2.79. The third-order valence-corrected chi connectivity index (χ3v) is 2.79. The van der Waals surface area contributed by atoms with Crippen LogP contribution in [0.4, 0.5) is 0 Å². The zero-order valence-corrected chi connectivity index (χ0v) is 9.21. The van der Waals surface area contributed by atoms with E-state index >= 15 is 0 Å². The monoisotopic (exact) mass is 207 g/mol. The van der Waals surface area contributed by atoms with Gasteiger partial charge in [0.15, 0.2) is 0 Å². The number of carbonyl (C=O) groups is 1. The van der Waals surface area contributed by atoms with Gasteiger partial charge in [-0.3, -0.25) is 4.79 Å². The molecular weight excluding hydrogens is 190 g/mol. The van der Waals surface area contributed by atoms with E-state index in [4.69, 9.17) is 0 Å². The Morgan fingerprint density at radius 2 is 2.27 bits per heavy atom. The van der Waals surface area contributed by atoms with Crippen LogP contribution in [0.5, 0.6) is 0 Å². The molecule has 0 spiro atoms. The minimum absolute atomic E-state index is 0.161. The van der Waals surface area contributed by atoms with E-state index in [2.05, 4.69) is 17.6 Å². The maximum absolute atomic E-state index is 11.7. The van der Waals surface area contributed by atoms with Crippen molar-refractivity contribution in [1.29, 1.82) is 0 Å². The maximum atomic E-state index is 11.7. The Morgan fingerprint density at radius 3 is 2.93 bits per heavy atom. The molecule has 0 radical (unpaired) electrons. The van der Waals surface area contributed by atoms with Gasteiger partial charge in [-0.05, 0) is 26.0 Å². The number of allylic oxidation sites excluding steroid dienone is 3. The molecule has 1 fully saturated rings. The van der Waals surface area contributed by atoms with Gasteiger partial charge in [0.1, 0.15) is 0 Å². The summed E-state index contributed by atoms with van der Waals surface area (Å²) in [6, 6.07) is 0.219. The Balaban J connectivity index is 2.18. The molecule has 0 aromatic rings. The van der Waals surface area contributed by atoms with Crippen LogP contribution in [0.3, 0.4) is 0 Å². The van der Waals surface area contributed by atoms with E-state index in [-0.39, 0.29) is 11.9 Å². The van der Waals surface area contributed by atoms with Gasteiger partial charge in [0.25, 0.3) is 0 Å². The van der Waals surface area contributed by atoms with Crippen molar-refractivity contribution >= 4 is 5.91 Å². The van der Waals surface area contributed by atoms with Crippen LogP contribution in [0.25, 0.3) is 0 Å². The largest absolute Gasteiger partial charge is 0.381 e. The van der Waals surface area contributed by atoms with Crippen LogP contribution in [0.15, 0.2) is 23.5 Å². The van der Waals surface area contributed by atoms with Crippen molar-refractivity contribution in [3.05, 3.63) is 23.5 Å². The first kappa shape index (κ1) is 10.2. The summed E-state index contributed by atoms with van der Waals surface area (Å²) in [5.41, 5.74) is 2.22. The normalized spacial score (nSPS) is 26.9. The maximum Gasteiger partial charge on any atom is 0.240 e. The summed E-state index contributed by atoms with van der Waals surface area (Å²) in [6.45, 7) is 6.20. The molecule has 0 aromatic carbocycles. The average molecular weight is 207 g/mol. The van der Waals surface area contributed by atoms with Crippen molar-refractivity contribution in [3.63, 3.8) is 0 Å². The van der Waals surface area contributed by atoms with Crippen LogP contribution in [-0.2, 0) is 4.79 Å². The molecule has 2 rings (SSSR count). The minimum atomic E-state index is 0.161. The quantitative estimate of drug-likeness (QED) is 0.645. The van der Waals surface area contributed by atoms with Gasteiger partial charge >= 0.3 is 0 Å². The van der Waals surface area contributed by atoms with E-state index in [1.165, 1.54) is 0 Å². The van der Waals surface area contributed by atoms with E-state index in [1.807, 2.05) is 24.0 Å². The molecule has 1 saturated heterocycles. The number of carbonyl (C=O) groups excluding carboxylic acids is 1. The molecule has 15 heavy (non-hydrogen) atoms. The Hall–Kier alpha value is -1.29. The van der Waals surface area contributed by atoms with E-state index in [0.29, 0.717) is 6.54 Å². The molecule has 1 atom stereocenters. The lowest BCUT2D eigenvalue weighted by atomic mass is 10.1. The van der Waals surface area contributed by atoms with Gasteiger partial charge in [-0.15, -0.1) is 0 Å². The van der Waals surface area contributed by atoms with Crippen molar-refractivity contribution in [2.75, 3.05) is 19.6 Å². The molecule has 0 aliphatic carbocycles. The molecule has 82 valence electrons. The number of nitrogens with one attached hydrogen (secondary N) is 2. The Morgan fingerprint density at radius 1 is 1.47 bits per heavy atom. The molecule has 0 bridgehead atoms. The molecule has 2 aliphatic heterocycles. The number of amides is 1. The van der Waals surface area contributed by atoms with Gasteiger partial charge in [0, 0.05) is 24.5 Å². The minimum Gasteiger partial charge on any atom is -0.381 e. The number of hydrogen-bond acceptors (Lipinski definition) is 3. The lowest BCUT2D eigenvalue weighted by Gasteiger charge is -2.34. The highest BCUT2D eigenvalue weighted by Crippen LogP contribution is 2.16. The predicted molar refractivity (Wildman–Crippen MR) is 59.0 cm³/mol. The molecular formula is C11H17N3O. The fourth-order valence-electron chi connectivity index (χ4n) is 2.02. The first-order valence-electron chi connectivity index (χ1n) is 5.34. The molecule has 2 heterocycles. The first-order chi connectivity index (χ1) is 7.18. The number of piperazine rings is 1. The molecule has 1 amide bonds. The van der Waals surface area contributed by atoms with E-state index in [9.17, 15) is 4.79 Å². The third kappa shape index (κ3) is 2.04. The molecule has 1 unspecified atom stereocenters. The molecule has 2 aliphatic rings. The summed E-state index contributed by atoms with van der Waals surface area (Å²) in [5.74, 6) is 0.161. The lowest BCUT2D eigenvalue weighted by Crippen LogP contribution is -2.50. The second-order valence-electron chi connectivity index (χ2n) is 4.03. The van der Waals surface area contributed by atoms with Crippen molar-refractivity contribution in [3.8, 4) is 0 Å². The zero-order valence-electron chi connectivity index (χ0n) is 9.21. The second-order valence-corrected chi connectivity index (χ2v) is 4.03. The summed E-state index contributed by atoms with van der Waals surface area (Å²) >= 11 is 0. The predicted octanol–water partition coefficient (Wildman–Crippen LogP) is 0.198. The smallest absolute Gasteiger partial charge is 0.240 e. The highest BCUT2D eigenvalue weighted by molar-refractivity contribution is 5.81. The first-order valence-corrected chi connectivity index (χ1v) is 5.34. The molecule has 2 N–H and O–H groups in total. The van der Waals surface area contributed by atoms with Gasteiger partial charge in [0.2, 0.25) is 5.91 Å². The Kier molecular flexibility index (Phi) is 2.77. The average Bonchev–Trinajstić information content (AvgIpc) is 2.20. The highest BCUT2D eigenvalue weighted by atomic mass is 16.2. The zero-order chi connectivity index (χ0) is 10.8. The van der Waals surface area contributed by atoms with Gasteiger partial charge < -0.3 is 15.5 Å². The van der Waals surface area contributed by atoms with Crippen LogP contribution in [-0.4, -0.2) is 36.5 Å². The lowest BCUT2D eigenvalue weighted by molar-refractivity contribution is -0.130. The van der Waals surface area contributed by atoms with Crippen LogP contribution in [0.1, 0.15) is 13.8 Å². The summed E-state index contributed by atoms with van der Waals surface area (Å²) in [6.07, 6.45) is 4.06. The van der Waals surface area contributed by atoms with E-state index < -0.39 is 0 Å². The van der Waals surface area contributed by atoms with Crippen molar-refractivity contribution in [1.82, 2.24) is 15.5 Å². The summed E-state index contributed by atoms with van der Waals surface area (Å²) < 4.78 is 0. The second kappa shape index (κ2) is 4.06. The Labute approximate surface area is 90.0 Å². The summed E-state index contributed by atoms with van der Waals surface area (Å²) in [7, 11) is 0. The number of dihydropyridines is 1. The SMILES string of the molecule is CC1=CC=C(N2CCNCC2=O)C(C)N1. The highest BCUT2D eigenvalue weighted by Gasteiger charge is 2.25. The summed E-state index contributed by atoms with van der Waals surface area (Å²) in [4.78, 5) is 13.6. The molecule has 0 aromatic heterocycles. The molecule has 0 saturated carbocycles. The Bertz CT molecular complexity index is 333. The van der Waals surface area contributed by atoms with Crippen molar-refractivity contribution < 1.29 is 4.79 Å². The van der Waals surface area contributed by atoms with Crippen LogP contribution in [0, 0.1) is 0 Å². The number of rotatable bonds is 1. The fraction of sp³-hybridized carbons (Fsp3) is 0.545. The van der Waals surface area contributed by atoms with Crippen molar-refractivity contribution in [2.45, 2.75) is 19.9 Å². The molecule has 4 heteroatoms. The number of nitrogens with zero attached hydrogens (tertiary/aromatic N) is 1. The van der Waals surface area contributed by atoms with E-state index in [1.54, 1.807) is 0 Å². The van der Waals surface area contributed by atoms with Crippen LogP contribution < -0.4 is 10.6 Å². The van der Waals surface area contributed by atoms with Crippen LogP contribution in [0.2, 0.25) is 0 Å². The number of hydrogen-bond donors (Lipinski definition) is 2. The van der Waals surface area contributed by atoms with Gasteiger partial charge in [-0.1, -0.05) is 0 Å². The molecule has 4 nitrogen and oxygen atoms in total. The summed E-state index contributed by atoms with van der Waals surface area (Å²) in [5, 5.41) is 6.40. The van der Waals surface area contributed by atoms with Gasteiger partial charge in [0.05, 0.1) is 12.6 Å². The van der Waals surface area contributed by atoms with Gasteiger partial charge in [-0.2, -0.15) is 0 Å². The van der Waals surface area contributed by atoms with Crippen LogP contribution >= 0.6 is 0 Å². The standard InChI is InChI=1S/C11H17N3O/c1-8-3-4-10(9(2)13-8)14-6-5-12-7-11(14)15/h3-4,9,12-13H,5-7H2,1-2H3. The van der Waals surface area contributed by atoms with Gasteiger partial charge in [-0.25, -0.2) is 0 Å². The van der Waals surface area contributed by atoms with Crippen molar-refractivity contribution in [2.24, 2.45) is 0 Å². The fourth-order valence-corrected chi connectivity index (χ4v) is 2.02. The topological polar surface area (TPSA) is 44.4 Å².